The van der Waals surface area contributed by atoms with Crippen LogP contribution in [0.1, 0.15) is 32.6 Å². The maximum Gasteiger partial charge on any atom is 0.240 e. The van der Waals surface area contributed by atoms with Crippen molar-refractivity contribution in [2.45, 2.75) is 43.5 Å². The van der Waals surface area contributed by atoms with Gasteiger partial charge in [-0.1, -0.05) is 31.4 Å². The molecule has 1 aliphatic carbocycles. The molecule has 1 fully saturated rings. The summed E-state index contributed by atoms with van der Waals surface area (Å²) >= 11 is 5.76. The van der Waals surface area contributed by atoms with E-state index >= 15 is 0 Å². The first-order valence-corrected chi connectivity index (χ1v) is 8.13. The molecule has 1 aromatic rings. The zero-order chi connectivity index (χ0) is 13.2. The summed E-state index contributed by atoms with van der Waals surface area (Å²) in [5, 5.41) is 0.542. The van der Waals surface area contributed by atoms with Gasteiger partial charge in [-0.2, -0.15) is 0 Å². The van der Waals surface area contributed by atoms with Crippen LogP contribution in [-0.2, 0) is 10.0 Å². The molecule has 1 aromatic carbocycles. The Kier molecular flexibility index (Phi) is 4.30. The zero-order valence-corrected chi connectivity index (χ0v) is 12.0. The Morgan fingerprint density at radius 3 is 2.39 bits per heavy atom. The fraction of sp³-hybridized carbons (Fsp3) is 0.538. The summed E-state index contributed by atoms with van der Waals surface area (Å²) in [5.41, 5.74) is 0. The van der Waals surface area contributed by atoms with Crippen molar-refractivity contribution in [3.63, 3.8) is 0 Å². The predicted molar refractivity (Wildman–Crippen MR) is 73.2 cm³/mol. The molecule has 0 aliphatic heterocycles. The van der Waals surface area contributed by atoms with E-state index in [1.165, 1.54) is 18.6 Å². The Balaban J connectivity index is 2.13. The lowest BCUT2D eigenvalue weighted by atomic mass is 9.87. The third-order valence-electron chi connectivity index (χ3n) is 3.54. The molecule has 0 saturated heterocycles. The summed E-state index contributed by atoms with van der Waals surface area (Å²) in [6, 6.07) is 6.33. The number of benzene rings is 1. The van der Waals surface area contributed by atoms with Crippen molar-refractivity contribution in [3.05, 3.63) is 29.3 Å². The van der Waals surface area contributed by atoms with E-state index in [1.54, 1.807) is 12.1 Å². The second-order valence-electron chi connectivity index (χ2n) is 4.94. The summed E-state index contributed by atoms with van der Waals surface area (Å²) in [6.07, 6.45) is 4.31. The molecule has 2 unspecified atom stereocenters. The maximum absolute atomic E-state index is 12.2. The van der Waals surface area contributed by atoms with Crippen molar-refractivity contribution in [1.82, 2.24) is 4.72 Å². The van der Waals surface area contributed by atoms with E-state index in [-0.39, 0.29) is 10.9 Å². The number of hydrogen-bond donors (Lipinski definition) is 1. The Labute approximate surface area is 114 Å². The molecule has 2 atom stereocenters. The van der Waals surface area contributed by atoms with Crippen molar-refractivity contribution in [2.24, 2.45) is 5.92 Å². The summed E-state index contributed by atoms with van der Waals surface area (Å²) in [4.78, 5) is 0.282. The van der Waals surface area contributed by atoms with E-state index in [2.05, 4.69) is 11.6 Å². The van der Waals surface area contributed by atoms with Crippen molar-refractivity contribution in [2.75, 3.05) is 0 Å². The normalized spacial score (nSPS) is 25.0. The van der Waals surface area contributed by atoms with E-state index < -0.39 is 10.0 Å². The molecule has 5 heteroatoms. The van der Waals surface area contributed by atoms with Gasteiger partial charge in [0, 0.05) is 11.1 Å². The second kappa shape index (κ2) is 5.59. The second-order valence-corrected chi connectivity index (χ2v) is 7.09. The molecule has 1 aliphatic rings. The largest absolute Gasteiger partial charge is 0.240 e. The average molecular weight is 288 g/mol. The number of sulfonamides is 1. The molecule has 0 bridgehead atoms. The summed E-state index contributed by atoms with van der Waals surface area (Å²) in [5.74, 6) is 0.404. The van der Waals surface area contributed by atoms with Gasteiger partial charge in [0.05, 0.1) is 4.90 Å². The van der Waals surface area contributed by atoms with Gasteiger partial charge < -0.3 is 0 Å². The van der Waals surface area contributed by atoms with Crippen molar-refractivity contribution >= 4 is 21.6 Å². The standard InChI is InChI=1S/C13H18ClNO2S/c1-10-4-2-3-5-13(10)15-18(16,17)12-8-6-11(14)7-9-12/h6-10,13,15H,2-5H2,1H3. The summed E-state index contributed by atoms with van der Waals surface area (Å²) in [7, 11) is -3.42. The molecule has 3 nitrogen and oxygen atoms in total. The average Bonchev–Trinajstić information content (AvgIpc) is 2.32. The SMILES string of the molecule is CC1CCCCC1NS(=O)(=O)c1ccc(Cl)cc1. The molecule has 1 N–H and O–H groups in total. The van der Waals surface area contributed by atoms with E-state index in [0.717, 1.165) is 19.3 Å². The minimum atomic E-state index is -3.42. The minimum Gasteiger partial charge on any atom is -0.208 e. The summed E-state index contributed by atoms with van der Waals surface area (Å²) in [6.45, 7) is 2.11. The molecular formula is C13H18ClNO2S. The monoisotopic (exact) mass is 287 g/mol. The number of hydrogen-bond acceptors (Lipinski definition) is 2. The fourth-order valence-electron chi connectivity index (χ4n) is 2.37. The van der Waals surface area contributed by atoms with Crippen LogP contribution >= 0.6 is 11.6 Å². The minimum absolute atomic E-state index is 0.0550. The van der Waals surface area contributed by atoms with Crippen LogP contribution in [0.5, 0.6) is 0 Å². The number of halogens is 1. The van der Waals surface area contributed by atoms with Gasteiger partial charge in [-0.15, -0.1) is 0 Å². The van der Waals surface area contributed by atoms with E-state index in [9.17, 15) is 8.42 Å². The third-order valence-corrected chi connectivity index (χ3v) is 5.30. The van der Waals surface area contributed by atoms with Gasteiger partial charge in [0.2, 0.25) is 10.0 Å². The molecule has 2 rings (SSSR count). The van der Waals surface area contributed by atoms with E-state index in [1.807, 2.05) is 0 Å². The Morgan fingerprint density at radius 1 is 1.17 bits per heavy atom. The van der Waals surface area contributed by atoms with Crippen LogP contribution in [0.4, 0.5) is 0 Å². The predicted octanol–water partition coefficient (Wildman–Crippen LogP) is 3.20. The molecule has 0 amide bonds. The van der Waals surface area contributed by atoms with E-state index in [4.69, 9.17) is 11.6 Å². The van der Waals surface area contributed by atoms with Gasteiger partial charge in [-0.05, 0) is 43.0 Å². The summed E-state index contributed by atoms with van der Waals surface area (Å²) < 4.78 is 27.2. The number of rotatable bonds is 3. The number of nitrogens with one attached hydrogen (secondary N) is 1. The van der Waals surface area contributed by atoms with Crippen LogP contribution in [0.2, 0.25) is 5.02 Å². The molecular weight excluding hydrogens is 270 g/mol. The Bertz CT molecular complexity index is 498. The van der Waals surface area contributed by atoms with Crippen LogP contribution in [0, 0.1) is 5.92 Å². The lowest BCUT2D eigenvalue weighted by Crippen LogP contribution is -2.40. The Morgan fingerprint density at radius 2 is 1.78 bits per heavy atom. The topological polar surface area (TPSA) is 46.2 Å². The first kappa shape index (κ1) is 13.8. The van der Waals surface area contributed by atoms with Gasteiger partial charge >= 0.3 is 0 Å². The highest BCUT2D eigenvalue weighted by molar-refractivity contribution is 7.89. The van der Waals surface area contributed by atoms with Crippen molar-refractivity contribution in [3.8, 4) is 0 Å². The lowest BCUT2D eigenvalue weighted by Gasteiger charge is -2.29. The van der Waals surface area contributed by atoms with Crippen molar-refractivity contribution < 1.29 is 8.42 Å². The van der Waals surface area contributed by atoms with Crippen LogP contribution in [-0.4, -0.2) is 14.5 Å². The molecule has 0 aromatic heterocycles. The highest BCUT2D eigenvalue weighted by atomic mass is 35.5. The fourth-order valence-corrected chi connectivity index (χ4v) is 3.88. The van der Waals surface area contributed by atoms with Gasteiger partial charge in [0.15, 0.2) is 0 Å². The molecule has 100 valence electrons. The van der Waals surface area contributed by atoms with Gasteiger partial charge in [-0.3, -0.25) is 0 Å². The lowest BCUT2D eigenvalue weighted by molar-refractivity contribution is 0.310. The first-order chi connectivity index (χ1) is 8.49. The highest BCUT2D eigenvalue weighted by Gasteiger charge is 2.26. The highest BCUT2D eigenvalue weighted by Crippen LogP contribution is 2.25. The molecule has 0 heterocycles. The van der Waals surface area contributed by atoms with Crippen LogP contribution in [0.3, 0.4) is 0 Å². The maximum atomic E-state index is 12.2. The van der Waals surface area contributed by atoms with Crippen molar-refractivity contribution in [1.29, 1.82) is 0 Å². The zero-order valence-electron chi connectivity index (χ0n) is 10.4. The van der Waals surface area contributed by atoms with Gasteiger partial charge in [0.25, 0.3) is 0 Å². The molecule has 0 spiro atoms. The first-order valence-electron chi connectivity index (χ1n) is 6.27. The quantitative estimate of drug-likeness (QED) is 0.928. The molecule has 0 radical (unpaired) electrons. The van der Waals surface area contributed by atoms with E-state index in [0.29, 0.717) is 10.9 Å². The molecule has 1 saturated carbocycles. The Hall–Kier alpha value is -0.580. The third kappa shape index (κ3) is 3.25. The van der Waals surface area contributed by atoms with Crippen LogP contribution in [0.15, 0.2) is 29.2 Å². The van der Waals surface area contributed by atoms with Gasteiger partial charge in [0.1, 0.15) is 0 Å². The molecule has 18 heavy (non-hydrogen) atoms. The smallest absolute Gasteiger partial charge is 0.208 e. The van der Waals surface area contributed by atoms with Crippen LogP contribution in [0.25, 0.3) is 0 Å². The van der Waals surface area contributed by atoms with Gasteiger partial charge in [-0.25, -0.2) is 13.1 Å². The van der Waals surface area contributed by atoms with Crippen LogP contribution < -0.4 is 4.72 Å².